The van der Waals surface area contributed by atoms with E-state index in [-0.39, 0.29) is 5.25 Å². The Hall–Kier alpha value is -0.650. The second-order valence-corrected chi connectivity index (χ2v) is 4.25. The molecule has 0 aliphatic carbocycles. The normalized spacial score (nSPS) is 12.0. The van der Waals surface area contributed by atoms with Crippen molar-refractivity contribution in [1.82, 2.24) is 0 Å². The van der Waals surface area contributed by atoms with Crippen LogP contribution in [0.15, 0.2) is 35.2 Å². The molecule has 1 nitrogen and oxygen atoms in total. The minimum absolute atomic E-state index is 0.203. The van der Waals surface area contributed by atoms with Crippen LogP contribution in [0.3, 0.4) is 0 Å². The molecule has 0 N–H and O–H groups in total. The summed E-state index contributed by atoms with van der Waals surface area (Å²) in [6.45, 7) is 0. The zero-order valence-corrected chi connectivity index (χ0v) is 8.68. The van der Waals surface area contributed by atoms with Gasteiger partial charge in [0.1, 0.15) is 0 Å². The van der Waals surface area contributed by atoms with Crippen molar-refractivity contribution in [3.63, 3.8) is 0 Å². The molecule has 1 aromatic rings. The lowest BCUT2D eigenvalue weighted by atomic mass is 10.4. The van der Waals surface area contributed by atoms with Crippen LogP contribution in [0.4, 0.5) is 0 Å². The van der Waals surface area contributed by atoms with E-state index in [1.165, 1.54) is 4.90 Å². The molecule has 1 unspecified atom stereocenters. The average Bonchev–Trinajstić information content (AvgIpc) is 2.19. The maximum atomic E-state index is 8.52. The number of benzene rings is 1. The summed E-state index contributed by atoms with van der Waals surface area (Å²) < 4.78 is 0. The van der Waals surface area contributed by atoms with E-state index in [1.54, 1.807) is 11.8 Å². The summed E-state index contributed by atoms with van der Waals surface area (Å²) in [5, 5.41) is 8.73. The average molecular weight is 212 g/mol. The van der Waals surface area contributed by atoms with E-state index in [0.717, 1.165) is 0 Å². The van der Waals surface area contributed by atoms with Crippen molar-refractivity contribution in [2.24, 2.45) is 0 Å². The number of alkyl halides is 1. The van der Waals surface area contributed by atoms with Crippen LogP contribution < -0.4 is 0 Å². The molecule has 0 radical (unpaired) electrons. The molecule has 3 heteroatoms. The fourth-order valence-electron chi connectivity index (χ4n) is 0.921. The van der Waals surface area contributed by atoms with E-state index < -0.39 is 0 Å². The summed E-state index contributed by atoms with van der Waals surface area (Å²) in [6, 6.07) is 12.1. The van der Waals surface area contributed by atoms with Crippen LogP contribution in [0.2, 0.25) is 0 Å². The highest BCUT2D eigenvalue weighted by Crippen LogP contribution is 2.25. The van der Waals surface area contributed by atoms with E-state index in [0.29, 0.717) is 12.3 Å². The highest BCUT2D eigenvalue weighted by Gasteiger charge is 2.07. The van der Waals surface area contributed by atoms with Gasteiger partial charge in [-0.05, 0) is 12.1 Å². The summed E-state index contributed by atoms with van der Waals surface area (Å²) in [7, 11) is 0. The molecule has 0 amide bonds. The number of nitriles is 1. The topological polar surface area (TPSA) is 23.8 Å². The maximum Gasteiger partial charge on any atom is 0.0633 e. The fourth-order valence-corrected chi connectivity index (χ4v) is 2.14. The van der Waals surface area contributed by atoms with Gasteiger partial charge in [-0.3, -0.25) is 0 Å². The van der Waals surface area contributed by atoms with Gasteiger partial charge in [-0.15, -0.1) is 23.4 Å². The number of hydrogen-bond acceptors (Lipinski definition) is 2. The summed E-state index contributed by atoms with van der Waals surface area (Å²) in [5.74, 6) is 0.521. The van der Waals surface area contributed by atoms with E-state index in [4.69, 9.17) is 16.9 Å². The lowest BCUT2D eigenvalue weighted by Gasteiger charge is -2.08. The van der Waals surface area contributed by atoms with Crippen LogP contribution in [-0.4, -0.2) is 11.1 Å². The van der Waals surface area contributed by atoms with E-state index >= 15 is 0 Å². The Labute approximate surface area is 87.7 Å². The van der Waals surface area contributed by atoms with Crippen molar-refractivity contribution in [1.29, 1.82) is 5.26 Å². The van der Waals surface area contributed by atoms with Gasteiger partial charge in [-0.1, -0.05) is 18.2 Å². The summed E-state index contributed by atoms with van der Waals surface area (Å²) in [4.78, 5) is 1.17. The van der Waals surface area contributed by atoms with Crippen molar-refractivity contribution in [3.8, 4) is 6.07 Å². The van der Waals surface area contributed by atoms with Crippen LogP contribution >= 0.6 is 23.4 Å². The van der Waals surface area contributed by atoms with Gasteiger partial charge in [-0.25, -0.2) is 0 Å². The predicted molar refractivity (Wildman–Crippen MR) is 57.0 cm³/mol. The van der Waals surface area contributed by atoms with E-state index in [9.17, 15) is 0 Å². The molecule has 0 aliphatic rings. The molecule has 13 heavy (non-hydrogen) atoms. The van der Waals surface area contributed by atoms with Crippen molar-refractivity contribution in [3.05, 3.63) is 30.3 Å². The Kier molecular flexibility index (Phi) is 4.74. The summed E-state index contributed by atoms with van der Waals surface area (Å²) >= 11 is 7.38. The lowest BCUT2D eigenvalue weighted by molar-refractivity contribution is 0.997. The van der Waals surface area contributed by atoms with Crippen LogP contribution in [0.5, 0.6) is 0 Å². The second-order valence-electron chi connectivity index (χ2n) is 2.57. The third kappa shape index (κ3) is 3.71. The zero-order valence-electron chi connectivity index (χ0n) is 7.11. The fraction of sp³-hybridized carbons (Fsp3) is 0.300. The Morgan fingerprint density at radius 1 is 1.38 bits per heavy atom. The van der Waals surface area contributed by atoms with E-state index in [2.05, 4.69) is 6.07 Å². The van der Waals surface area contributed by atoms with E-state index in [1.807, 2.05) is 30.3 Å². The molecule has 1 atom stereocenters. The number of hydrogen-bond donors (Lipinski definition) is 0. The SMILES string of the molecule is N#CCC(CCl)Sc1ccccc1. The third-order valence-corrected chi connectivity index (χ3v) is 3.30. The molecule has 0 spiro atoms. The van der Waals surface area contributed by atoms with Gasteiger partial charge in [-0.2, -0.15) is 5.26 Å². The molecular formula is C10H10ClNS. The molecule has 0 aliphatic heterocycles. The van der Waals surface area contributed by atoms with Crippen LogP contribution in [0.1, 0.15) is 6.42 Å². The van der Waals surface area contributed by atoms with Crippen LogP contribution in [-0.2, 0) is 0 Å². The quantitative estimate of drug-likeness (QED) is 0.564. The molecule has 0 aromatic heterocycles. The summed E-state index contributed by atoms with van der Waals surface area (Å²) in [5.41, 5.74) is 0. The van der Waals surface area contributed by atoms with Crippen LogP contribution in [0.25, 0.3) is 0 Å². The number of thioether (sulfide) groups is 1. The minimum atomic E-state index is 0.203. The van der Waals surface area contributed by atoms with Crippen molar-refractivity contribution in [2.75, 3.05) is 5.88 Å². The first-order valence-electron chi connectivity index (χ1n) is 4.01. The molecule has 0 bridgehead atoms. The molecule has 0 heterocycles. The Bertz CT molecular complexity index is 281. The van der Waals surface area contributed by atoms with Gasteiger partial charge in [0.15, 0.2) is 0 Å². The van der Waals surface area contributed by atoms with Gasteiger partial charge < -0.3 is 0 Å². The molecule has 0 saturated heterocycles. The predicted octanol–water partition coefficient (Wildman–Crippen LogP) is 3.30. The summed E-state index contributed by atoms with van der Waals surface area (Å²) in [6.07, 6.45) is 0.503. The number of rotatable bonds is 4. The van der Waals surface area contributed by atoms with Gasteiger partial charge in [0, 0.05) is 22.4 Å². The molecule has 0 fully saturated rings. The van der Waals surface area contributed by atoms with Gasteiger partial charge in [0.25, 0.3) is 0 Å². The minimum Gasteiger partial charge on any atom is -0.198 e. The molecular weight excluding hydrogens is 202 g/mol. The monoisotopic (exact) mass is 211 g/mol. The first-order valence-corrected chi connectivity index (χ1v) is 5.43. The molecule has 1 aromatic carbocycles. The molecule has 0 saturated carbocycles. The third-order valence-electron chi connectivity index (χ3n) is 1.54. The second kappa shape index (κ2) is 5.90. The highest BCUT2D eigenvalue weighted by molar-refractivity contribution is 8.00. The highest BCUT2D eigenvalue weighted by atomic mass is 35.5. The van der Waals surface area contributed by atoms with Gasteiger partial charge >= 0.3 is 0 Å². The number of halogens is 1. The first kappa shape index (κ1) is 10.4. The Morgan fingerprint density at radius 3 is 2.62 bits per heavy atom. The lowest BCUT2D eigenvalue weighted by Crippen LogP contribution is -2.02. The van der Waals surface area contributed by atoms with Crippen LogP contribution in [0, 0.1) is 11.3 Å². The number of nitrogens with zero attached hydrogens (tertiary/aromatic N) is 1. The standard InChI is InChI=1S/C10H10ClNS/c11-8-10(6-7-12)13-9-4-2-1-3-5-9/h1-5,10H,6,8H2. The largest absolute Gasteiger partial charge is 0.198 e. The zero-order chi connectivity index (χ0) is 9.52. The van der Waals surface area contributed by atoms with Gasteiger partial charge in [0.2, 0.25) is 0 Å². The van der Waals surface area contributed by atoms with Gasteiger partial charge in [0.05, 0.1) is 6.07 Å². The maximum absolute atomic E-state index is 8.52. The van der Waals surface area contributed by atoms with Crippen molar-refractivity contribution < 1.29 is 0 Å². The molecule has 68 valence electrons. The first-order chi connectivity index (χ1) is 6.36. The Balaban J connectivity index is 2.53. The van der Waals surface area contributed by atoms with Crippen molar-refractivity contribution in [2.45, 2.75) is 16.6 Å². The smallest absolute Gasteiger partial charge is 0.0633 e. The Morgan fingerprint density at radius 2 is 2.08 bits per heavy atom. The van der Waals surface area contributed by atoms with Crippen molar-refractivity contribution >= 4 is 23.4 Å². The molecule has 1 rings (SSSR count).